The number of anilines is 2. The van der Waals surface area contributed by atoms with Gasteiger partial charge in [-0.3, -0.25) is 0 Å². The molecule has 8 nitrogen and oxygen atoms in total. The lowest BCUT2D eigenvalue weighted by atomic mass is 10.1. The van der Waals surface area contributed by atoms with Gasteiger partial charge in [0, 0.05) is 32.3 Å². The van der Waals surface area contributed by atoms with Gasteiger partial charge in [-0.25, -0.2) is 14.5 Å². The SMILES string of the molecule is Cc1nn2cc(CCNc3nccc(N4CCCC(O)C4)n3)nc2s1. The predicted octanol–water partition coefficient (Wildman–Crippen LogP) is 1.50. The molecule has 0 aliphatic carbocycles. The number of aliphatic hydroxyl groups excluding tert-OH is 1. The summed E-state index contributed by atoms with van der Waals surface area (Å²) in [6.45, 7) is 4.24. The van der Waals surface area contributed by atoms with Gasteiger partial charge in [0.2, 0.25) is 10.9 Å². The summed E-state index contributed by atoms with van der Waals surface area (Å²) in [7, 11) is 0. The van der Waals surface area contributed by atoms with E-state index in [9.17, 15) is 5.11 Å². The molecule has 4 rings (SSSR count). The van der Waals surface area contributed by atoms with Crippen molar-refractivity contribution >= 4 is 28.1 Å². The van der Waals surface area contributed by atoms with Crippen LogP contribution in [0, 0.1) is 6.92 Å². The van der Waals surface area contributed by atoms with E-state index in [1.54, 1.807) is 17.5 Å². The lowest BCUT2D eigenvalue weighted by Gasteiger charge is -2.31. The van der Waals surface area contributed by atoms with E-state index in [1.165, 1.54) is 0 Å². The lowest BCUT2D eigenvalue weighted by molar-refractivity contribution is 0.154. The molecule has 0 amide bonds. The third-order valence-corrected chi connectivity index (χ3v) is 5.06. The number of β-amino-alcohol motifs (C(OH)–C–C–N with tert-alkyl or cyclic N) is 1. The summed E-state index contributed by atoms with van der Waals surface area (Å²) in [6.07, 6.45) is 6.08. The van der Waals surface area contributed by atoms with Gasteiger partial charge >= 0.3 is 0 Å². The smallest absolute Gasteiger partial charge is 0.224 e. The zero-order chi connectivity index (χ0) is 17.2. The third kappa shape index (κ3) is 3.72. The second kappa shape index (κ2) is 6.93. The van der Waals surface area contributed by atoms with E-state index in [4.69, 9.17) is 0 Å². The summed E-state index contributed by atoms with van der Waals surface area (Å²) in [5.74, 6) is 1.46. The minimum atomic E-state index is -0.271. The second-order valence-corrected chi connectivity index (χ2v) is 7.40. The average Bonchev–Trinajstić information content (AvgIpc) is 3.12. The van der Waals surface area contributed by atoms with Gasteiger partial charge in [0.05, 0.1) is 18.0 Å². The molecule has 1 saturated heterocycles. The Morgan fingerprint density at radius 3 is 3.16 bits per heavy atom. The van der Waals surface area contributed by atoms with Gasteiger partial charge in [-0.2, -0.15) is 10.1 Å². The number of aryl methyl sites for hydroxylation is 1. The quantitative estimate of drug-likeness (QED) is 0.713. The molecule has 25 heavy (non-hydrogen) atoms. The summed E-state index contributed by atoms with van der Waals surface area (Å²) in [4.78, 5) is 16.4. The van der Waals surface area contributed by atoms with Gasteiger partial charge in [0.15, 0.2) is 0 Å². The maximum Gasteiger partial charge on any atom is 0.224 e. The highest BCUT2D eigenvalue weighted by Gasteiger charge is 2.19. The molecular formula is C16H21N7OS. The first-order valence-corrected chi connectivity index (χ1v) is 9.30. The maximum absolute atomic E-state index is 9.82. The van der Waals surface area contributed by atoms with Crippen LogP contribution in [0.25, 0.3) is 4.96 Å². The van der Waals surface area contributed by atoms with E-state index < -0.39 is 0 Å². The van der Waals surface area contributed by atoms with Crippen LogP contribution in [0.5, 0.6) is 0 Å². The van der Waals surface area contributed by atoms with E-state index in [1.807, 2.05) is 23.7 Å². The van der Waals surface area contributed by atoms with Crippen LogP contribution in [0.15, 0.2) is 18.5 Å². The van der Waals surface area contributed by atoms with Crippen LogP contribution < -0.4 is 10.2 Å². The summed E-state index contributed by atoms with van der Waals surface area (Å²) < 4.78 is 1.83. The molecule has 1 aliphatic heterocycles. The Bertz CT molecular complexity index is 830. The maximum atomic E-state index is 9.82. The first-order valence-electron chi connectivity index (χ1n) is 8.49. The number of aromatic nitrogens is 5. The minimum absolute atomic E-state index is 0.271. The van der Waals surface area contributed by atoms with Crippen molar-refractivity contribution in [3.05, 3.63) is 29.2 Å². The zero-order valence-electron chi connectivity index (χ0n) is 14.1. The molecule has 1 unspecified atom stereocenters. The van der Waals surface area contributed by atoms with Crippen molar-refractivity contribution in [3.63, 3.8) is 0 Å². The Morgan fingerprint density at radius 1 is 1.40 bits per heavy atom. The van der Waals surface area contributed by atoms with Gasteiger partial charge in [0.1, 0.15) is 10.8 Å². The van der Waals surface area contributed by atoms with Gasteiger partial charge < -0.3 is 15.3 Å². The summed E-state index contributed by atoms with van der Waals surface area (Å²) in [5, 5.41) is 18.5. The molecule has 2 N–H and O–H groups in total. The highest BCUT2D eigenvalue weighted by molar-refractivity contribution is 7.16. The Hall–Kier alpha value is -2.26. The fourth-order valence-electron chi connectivity index (χ4n) is 3.04. The Kier molecular flexibility index (Phi) is 4.50. The van der Waals surface area contributed by atoms with Crippen LogP contribution in [0.4, 0.5) is 11.8 Å². The topological polar surface area (TPSA) is 91.5 Å². The number of rotatable bonds is 5. The molecule has 0 radical (unpaired) electrons. The summed E-state index contributed by atoms with van der Waals surface area (Å²) in [6, 6.07) is 1.89. The molecule has 132 valence electrons. The normalized spacial score (nSPS) is 18.0. The van der Waals surface area contributed by atoms with Crippen LogP contribution in [0.1, 0.15) is 23.5 Å². The number of imidazole rings is 1. The first-order chi connectivity index (χ1) is 12.2. The van der Waals surface area contributed by atoms with Gasteiger partial charge in [-0.15, -0.1) is 0 Å². The van der Waals surface area contributed by atoms with Crippen molar-refractivity contribution in [2.24, 2.45) is 0 Å². The number of hydrogen-bond donors (Lipinski definition) is 2. The number of nitrogens with zero attached hydrogens (tertiary/aromatic N) is 6. The fourth-order valence-corrected chi connectivity index (χ4v) is 3.78. The first kappa shape index (κ1) is 16.2. The molecule has 1 fully saturated rings. The Morgan fingerprint density at radius 2 is 2.32 bits per heavy atom. The number of aliphatic hydroxyl groups is 1. The molecular weight excluding hydrogens is 338 g/mol. The van der Waals surface area contributed by atoms with E-state index in [0.29, 0.717) is 19.0 Å². The lowest BCUT2D eigenvalue weighted by Crippen LogP contribution is -2.38. The van der Waals surface area contributed by atoms with Crippen LogP contribution in [-0.2, 0) is 6.42 Å². The van der Waals surface area contributed by atoms with E-state index in [0.717, 1.165) is 47.3 Å². The predicted molar refractivity (Wildman–Crippen MR) is 97.3 cm³/mol. The fraction of sp³-hybridized carbons (Fsp3) is 0.500. The third-order valence-electron chi connectivity index (χ3n) is 4.22. The number of hydrogen-bond acceptors (Lipinski definition) is 8. The molecule has 0 aromatic carbocycles. The standard InChI is InChI=1S/C16H21N7OS/c1-11-21-23-9-12(19-16(23)25-11)4-6-17-15-18-7-5-14(20-15)22-8-2-3-13(24)10-22/h5,7,9,13,24H,2-4,6,8,10H2,1H3,(H,17,18,20). The summed E-state index contributed by atoms with van der Waals surface area (Å²) in [5.41, 5.74) is 1.00. The van der Waals surface area contributed by atoms with Gasteiger partial charge in [0.25, 0.3) is 0 Å². The summed E-state index contributed by atoms with van der Waals surface area (Å²) >= 11 is 1.59. The zero-order valence-corrected chi connectivity index (χ0v) is 14.9. The number of nitrogens with one attached hydrogen (secondary N) is 1. The molecule has 0 bridgehead atoms. The van der Waals surface area contributed by atoms with Crippen molar-refractivity contribution in [2.45, 2.75) is 32.3 Å². The average molecular weight is 359 g/mol. The van der Waals surface area contributed by atoms with Crippen molar-refractivity contribution in [3.8, 4) is 0 Å². The van der Waals surface area contributed by atoms with Gasteiger partial charge in [-0.1, -0.05) is 11.3 Å². The molecule has 0 spiro atoms. The highest BCUT2D eigenvalue weighted by Crippen LogP contribution is 2.18. The van der Waals surface area contributed by atoms with Crippen molar-refractivity contribution < 1.29 is 5.11 Å². The van der Waals surface area contributed by atoms with Crippen molar-refractivity contribution in [1.82, 2.24) is 24.6 Å². The molecule has 4 heterocycles. The molecule has 3 aromatic heterocycles. The van der Waals surface area contributed by atoms with E-state index in [-0.39, 0.29) is 6.10 Å². The van der Waals surface area contributed by atoms with E-state index >= 15 is 0 Å². The Labute approximate surface area is 149 Å². The molecule has 3 aromatic rings. The molecule has 0 saturated carbocycles. The van der Waals surface area contributed by atoms with Crippen molar-refractivity contribution in [1.29, 1.82) is 0 Å². The largest absolute Gasteiger partial charge is 0.391 e. The van der Waals surface area contributed by atoms with Crippen molar-refractivity contribution in [2.75, 3.05) is 29.9 Å². The van der Waals surface area contributed by atoms with Gasteiger partial charge in [-0.05, 0) is 25.8 Å². The number of piperidine rings is 1. The van der Waals surface area contributed by atoms with Crippen LogP contribution in [0.2, 0.25) is 0 Å². The van der Waals surface area contributed by atoms with Crippen LogP contribution in [-0.4, -0.2) is 55.4 Å². The molecule has 9 heteroatoms. The van der Waals surface area contributed by atoms with Crippen LogP contribution in [0.3, 0.4) is 0 Å². The second-order valence-electron chi connectivity index (χ2n) is 6.24. The van der Waals surface area contributed by atoms with Crippen LogP contribution >= 0.6 is 11.3 Å². The molecule has 1 atom stereocenters. The molecule has 1 aliphatic rings. The van der Waals surface area contributed by atoms with E-state index in [2.05, 4.69) is 30.3 Å². The number of fused-ring (bicyclic) bond motifs is 1. The Balaban J connectivity index is 1.36. The monoisotopic (exact) mass is 359 g/mol. The highest BCUT2D eigenvalue weighted by atomic mass is 32.1. The minimum Gasteiger partial charge on any atom is -0.391 e.